The molecule has 2 rings (SSSR count). The van der Waals surface area contributed by atoms with Gasteiger partial charge >= 0.3 is 0 Å². The van der Waals surface area contributed by atoms with Crippen molar-refractivity contribution in [2.75, 3.05) is 18.2 Å². The third-order valence-electron chi connectivity index (χ3n) is 3.21. The average molecular weight is 308 g/mol. The van der Waals surface area contributed by atoms with Crippen molar-refractivity contribution in [3.05, 3.63) is 30.1 Å². The van der Waals surface area contributed by atoms with Gasteiger partial charge in [-0.2, -0.15) is 5.10 Å². The molecule has 8 heteroatoms. The Hall–Kier alpha value is -2.48. The van der Waals surface area contributed by atoms with E-state index in [4.69, 9.17) is 10.8 Å². The molecule has 1 aromatic rings. The van der Waals surface area contributed by atoms with Gasteiger partial charge < -0.3 is 16.2 Å². The Bertz CT molecular complexity index is 588. The quantitative estimate of drug-likeness (QED) is 0.629. The van der Waals surface area contributed by atoms with Gasteiger partial charge in [0.25, 0.3) is 5.91 Å². The molecule has 0 fully saturated rings. The van der Waals surface area contributed by atoms with Crippen molar-refractivity contribution >= 4 is 23.2 Å². The number of anilines is 1. The van der Waals surface area contributed by atoms with Gasteiger partial charge in [0.2, 0.25) is 5.91 Å². The number of halogens is 1. The van der Waals surface area contributed by atoms with Crippen LogP contribution in [0.5, 0.6) is 0 Å². The molecule has 1 unspecified atom stereocenters. The number of benzene rings is 1. The van der Waals surface area contributed by atoms with Crippen LogP contribution in [0, 0.1) is 5.82 Å². The number of amides is 2. The first kappa shape index (κ1) is 15.9. The smallest absolute Gasteiger partial charge is 0.267 e. The summed E-state index contributed by atoms with van der Waals surface area (Å²) in [4.78, 5) is 23.5. The molecule has 1 aliphatic heterocycles. The Kier molecular flexibility index (Phi) is 5.05. The normalized spacial score (nSPS) is 17.3. The van der Waals surface area contributed by atoms with Gasteiger partial charge in [-0.05, 0) is 30.7 Å². The number of rotatable bonds is 6. The van der Waals surface area contributed by atoms with Crippen LogP contribution in [0.3, 0.4) is 0 Å². The van der Waals surface area contributed by atoms with E-state index in [1.165, 1.54) is 29.3 Å². The Morgan fingerprint density at radius 1 is 1.41 bits per heavy atom. The van der Waals surface area contributed by atoms with Crippen LogP contribution < -0.4 is 16.1 Å². The van der Waals surface area contributed by atoms with Gasteiger partial charge in [-0.3, -0.25) is 14.6 Å². The summed E-state index contributed by atoms with van der Waals surface area (Å²) < 4.78 is 13.0. The number of carbonyl (C=O) groups excluding carboxylic acids is 2. The Morgan fingerprint density at radius 2 is 2.09 bits per heavy atom. The summed E-state index contributed by atoms with van der Waals surface area (Å²) in [5.41, 5.74) is 5.99. The fourth-order valence-corrected chi connectivity index (χ4v) is 2.08. The highest BCUT2D eigenvalue weighted by Gasteiger charge is 2.34. The van der Waals surface area contributed by atoms with Gasteiger partial charge in [0.1, 0.15) is 17.6 Å². The van der Waals surface area contributed by atoms with Crippen LogP contribution in [-0.4, -0.2) is 41.8 Å². The number of hydrogen-bond donors (Lipinski definition) is 3. The van der Waals surface area contributed by atoms with Crippen LogP contribution in [-0.2, 0) is 9.59 Å². The van der Waals surface area contributed by atoms with Gasteiger partial charge in [0.05, 0.1) is 5.69 Å². The number of aliphatic hydroxyl groups is 1. The molecule has 1 atom stereocenters. The zero-order valence-corrected chi connectivity index (χ0v) is 11.8. The number of primary amides is 1. The van der Waals surface area contributed by atoms with Crippen molar-refractivity contribution in [2.24, 2.45) is 10.8 Å². The average Bonchev–Trinajstić information content (AvgIpc) is 2.93. The highest BCUT2D eigenvalue weighted by atomic mass is 19.1. The molecule has 4 N–H and O–H groups in total. The zero-order valence-electron chi connectivity index (χ0n) is 11.8. The van der Waals surface area contributed by atoms with Crippen LogP contribution in [0.2, 0.25) is 0 Å². The minimum atomic E-state index is -0.788. The van der Waals surface area contributed by atoms with Gasteiger partial charge in [-0.1, -0.05) is 0 Å². The lowest BCUT2D eigenvalue weighted by Crippen LogP contribution is -2.40. The maximum Gasteiger partial charge on any atom is 0.267 e. The van der Waals surface area contributed by atoms with E-state index in [1.807, 2.05) is 0 Å². The molecule has 0 bridgehead atoms. The molecule has 0 aliphatic carbocycles. The molecule has 118 valence electrons. The molecule has 0 saturated carbocycles. The molecule has 0 saturated heterocycles. The lowest BCUT2D eigenvalue weighted by atomic mass is 10.1. The number of nitrogens with one attached hydrogen (secondary N) is 1. The van der Waals surface area contributed by atoms with Crippen molar-refractivity contribution in [3.63, 3.8) is 0 Å². The largest absolute Gasteiger partial charge is 0.396 e. The van der Waals surface area contributed by atoms with E-state index in [2.05, 4.69) is 10.4 Å². The molecular formula is C14H17FN4O3. The maximum absolute atomic E-state index is 13.0. The summed E-state index contributed by atoms with van der Waals surface area (Å²) in [6.07, 6.45) is 0.512. The van der Waals surface area contributed by atoms with Crippen LogP contribution in [0.15, 0.2) is 29.4 Å². The number of carbonyl (C=O) groups is 2. The number of aliphatic hydroxyl groups excluding tert-OH is 1. The SMILES string of the molecule is NC(=O)C1CC(C(=O)NCCCO)=NN1c1ccc(F)cc1. The summed E-state index contributed by atoms with van der Waals surface area (Å²) in [5, 5.41) is 16.7. The third-order valence-corrected chi connectivity index (χ3v) is 3.21. The Balaban J connectivity index is 2.16. The number of nitrogens with zero attached hydrogens (tertiary/aromatic N) is 2. The second-order valence-electron chi connectivity index (χ2n) is 4.82. The standard InChI is InChI=1S/C14H17FN4O3/c15-9-2-4-10(5-3-9)19-12(13(16)21)8-11(18-19)14(22)17-6-1-7-20/h2-5,12,20H,1,6-8H2,(H2,16,21)(H,17,22). The van der Waals surface area contributed by atoms with Crippen molar-refractivity contribution < 1.29 is 19.1 Å². The summed E-state index contributed by atoms with van der Waals surface area (Å²) in [6, 6.07) is 4.61. The first-order valence-electron chi connectivity index (χ1n) is 6.83. The van der Waals surface area contributed by atoms with Crippen molar-refractivity contribution in [1.82, 2.24) is 5.32 Å². The van der Waals surface area contributed by atoms with E-state index in [1.54, 1.807) is 0 Å². The first-order chi connectivity index (χ1) is 10.5. The van der Waals surface area contributed by atoms with E-state index in [-0.39, 0.29) is 18.7 Å². The molecule has 0 radical (unpaired) electrons. The van der Waals surface area contributed by atoms with Crippen molar-refractivity contribution in [3.8, 4) is 0 Å². The van der Waals surface area contributed by atoms with Gasteiger partial charge in [0, 0.05) is 19.6 Å². The highest BCUT2D eigenvalue weighted by Crippen LogP contribution is 2.24. The molecular weight excluding hydrogens is 291 g/mol. The van der Waals surface area contributed by atoms with Crippen LogP contribution in [0.25, 0.3) is 0 Å². The van der Waals surface area contributed by atoms with E-state index in [0.717, 1.165) is 0 Å². The minimum absolute atomic E-state index is 0.0294. The zero-order chi connectivity index (χ0) is 16.1. The van der Waals surface area contributed by atoms with Gasteiger partial charge in [-0.25, -0.2) is 4.39 Å². The van der Waals surface area contributed by atoms with E-state index < -0.39 is 23.7 Å². The molecule has 1 heterocycles. The molecule has 2 amide bonds. The first-order valence-corrected chi connectivity index (χ1v) is 6.83. The molecule has 0 spiro atoms. The fraction of sp³-hybridized carbons (Fsp3) is 0.357. The number of nitrogens with two attached hydrogens (primary N) is 1. The summed E-state index contributed by atoms with van der Waals surface area (Å²) in [6.45, 7) is 0.282. The number of hydrogen-bond acceptors (Lipinski definition) is 5. The van der Waals surface area contributed by atoms with Crippen molar-refractivity contribution in [1.29, 1.82) is 0 Å². The van der Waals surface area contributed by atoms with Gasteiger partial charge in [-0.15, -0.1) is 0 Å². The summed E-state index contributed by atoms with van der Waals surface area (Å²) >= 11 is 0. The lowest BCUT2D eigenvalue weighted by molar-refractivity contribution is -0.119. The van der Waals surface area contributed by atoms with E-state index >= 15 is 0 Å². The predicted molar refractivity (Wildman–Crippen MR) is 78.6 cm³/mol. The maximum atomic E-state index is 13.0. The Morgan fingerprint density at radius 3 is 2.68 bits per heavy atom. The van der Waals surface area contributed by atoms with E-state index in [0.29, 0.717) is 18.7 Å². The number of hydrazone groups is 1. The second kappa shape index (κ2) is 6.99. The predicted octanol–water partition coefficient (Wildman–Crippen LogP) is -0.256. The fourth-order valence-electron chi connectivity index (χ4n) is 2.08. The monoisotopic (exact) mass is 308 g/mol. The molecule has 22 heavy (non-hydrogen) atoms. The second-order valence-corrected chi connectivity index (χ2v) is 4.82. The summed E-state index contributed by atoms with van der Waals surface area (Å²) in [5.74, 6) is -1.44. The third kappa shape index (κ3) is 3.59. The molecule has 1 aliphatic rings. The van der Waals surface area contributed by atoms with Crippen LogP contribution in [0.4, 0.5) is 10.1 Å². The van der Waals surface area contributed by atoms with E-state index in [9.17, 15) is 14.0 Å². The van der Waals surface area contributed by atoms with Crippen LogP contribution >= 0.6 is 0 Å². The van der Waals surface area contributed by atoms with Gasteiger partial charge in [0.15, 0.2) is 0 Å². The summed E-state index contributed by atoms with van der Waals surface area (Å²) in [7, 11) is 0. The lowest BCUT2D eigenvalue weighted by Gasteiger charge is -2.20. The molecule has 7 nitrogen and oxygen atoms in total. The topological polar surface area (TPSA) is 108 Å². The Labute approximate surface area is 126 Å². The highest BCUT2D eigenvalue weighted by molar-refractivity contribution is 6.40. The molecule has 1 aromatic carbocycles. The van der Waals surface area contributed by atoms with Crippen LogP contribution in [0.1, 0.15) is 12.8 Å². The molecule has 0 aromatic heterocycles. The van der Waals surface area contributed by atoms with Crippen molar-refractivity contribution in [2.45, 2.75) is 18.9 Å². The minimum Gasteiger partial charge on any atom is -0.396 e.